The largest absolute Gasteiger partial charge is 0.264 e. The summed E-state index contributed by atoms with van der Waals surface area (Å²) < 4.78 is 26.9. The summed E-state index contributed by atoms with van der Waals surface area (Å²) in [4.78, 5) is 11.9. The first-order valence-electron chi connectivity index (χ1n) is 5.78. The normalized spacial score (nSPS) is 11.4. The number of pyridine rings is 3. The van der Waals surface area contributed by atoms with E-state index < -0.39 is 10.0 Å². The molecule has 20 heavy (non-hydrogen) atoms. The highest BCUT2D eigenvalue weighted by Gasteiger charge is 2.16. The fourth-order valence-electron chi connectivity index (χ4n) is 1.78. The molecule has 3 rings (SSSR count). The predicted octanol–water partition coefficient (Wildman–Crippen LogP) is 1.83. The third-order valence-corrected chi connectivity index (χ3v) is 4.07. The maximum Gasteiger partial charge on any atom is 0.264 e. The van der Waals surface area contributed by atoms with Gasteiger partial charge in [0.1, 0.15) is 10.7 Å². The topological polar surface area (TPSA) is 84.8 Å². The number of nitrogens with one attached hydrogen (secondary N) is 1. The number of sulfonamides is 1. The van der Waals surface area contributed by atoms with E-state index in [2.05, 4.69) is 19.7 Å². The average molecular weight is 286 g/mol. The van der Waals surface area contributed by atoms with Crippen LogP contribution in [0.2, 0.25) is 0 Å². The molecule has 3 aromatic rings. The molecule has 0 unspecified atom stereocenters. The second kappa shape index (κ2) is 4.86. The quantitative estimate of drug-likeness (QED) is 0.794. The number of rotatable bonds is 3. The smallest absolute Gasteiger partial charge is 0.264 e. The van der Waals surface area contributed by atoms with E-state index >= 15 is 0 Å². The lowest BCUT2D eigenvalue weighted by molar-refractivity contribution is 0.600. The molecule has 100 valence electrons. The molecule has 0 aliphatic heterocycles. The first kappa shape index (κ1) is 12.5. The van der Waals surface area contributed by atoms with Crippen LogP contribution in [0.1, 0.15) is 0 Å². The highest BCUT2D eigenvalue weighted by Crippen LogP contribution is 2.22. The molecule has 0 amide bonds. The van der Waals surface area contributed by atoms with Gasteiger partial charge in [0, 0.05) is 36.4 Å². The van der Waals surface area contributed by atoms with Gasteiger partial charge in [-0.3, -0.25) is 14.7 Å². The van der Waals surface area contributed by atoms with Crippen LogP contribution in [0.25, 0.3) is 10.8 Å². The minimum Gasteiger partial charge on any atom is -0.264 e. The molecule has 3 aromatic heterocycles. The molecule has 3 heterocycles. The Morgan fingerprint density at radius 2 is 1.75 bits per heavy atom. The van der Waals surface area contributed by atoms with E-state index in [0.29, 0.717) is 5.39 Å². The van der Waals surface area contributed by atoms with Gasteiger partial charge in [-0.25, -0.2) is 13.4 Å². The molecule has 0 bridgehead atoms. The van der Waals surface area contributed by atoms with Crippen LogP contribution >= 0.6 is 0 Å². The Balaban J connectivity index is 2.06. The van der Waals surface area contributed by atoms with Gasteiger partial charge in [-0.05, 0) is 29.7 Å². The monoisotopic (exact) mass is 286 g/mol. The molecule has 0 aliphatic carbocycles. The van der Waals surface area contributed by atoms with Crippen molar-refractivity contribution in [2.75, 3.05) is 4.72 Å². The van der Waals surface area contributed by atoms with Gasteiger partial charge >= 0.3 is 0 Å². The lowest BCUT2D eigenvalue weighted by Gasteiger charge is -2.08. The van der Waals surface area contributed by atoms with Gasteiger partial charge in [0.2, 0.25) is 0 Å². The van der Waals surface area contributed by atoms with Gasteiger partial charge in [0.05, 0.1) is 0 Å². The van der Waals surface area contributed by atoms with E-state index in [1.54, 1.807) is 36.8 Å². The molecular formula is C13H10N4O2S. The summed E-state index contributed by atoms with van der Waals surface area (Å²) in [6.45, 7) is 0. The second-order valence-corrected chi connectivity index (χ2v) is 5.73. The maximum atomic E-state index is 12.2. The minimum absolute atomic E-state index is 0.0858. The summed E-state index contributed by atoms with van der Waals surface area (Å²) in [6, 6.07) is 6.61. The zero-order chi connectivity index (χ0) is 14.0. The molecule has 0 atom stereocenters. The molecule has 0 spiro atoms. The summed E-state index contributed by atoms with van der Waals surface area (Å²) in [5, 5.41) is 1.50. The van der Waals surface area contributed by atoms with Crippen LogP contribution in [0.15, 0.2) is 60.1 Å². The molecule has 7 heteroatoms. The number of aromatic nitrogens is 3. The summed E-state index contributed by atoms with van der Waals surface area (Å²) in [7, 11) is -3.71. The summed E-state index contributed by atoms with van der Waals surface area (Å²) in [6.07, 6.45) is 7.55. The standard InChI is InChI=1S/C13H10N4O2S/c18-20(19,11-2-1-5-14-8-11)17-13-12-9-15-6-3-10(12)4-7-16-13/h1-9H,(H,16,17). The zero-order valence-corrected chi connectivity index (χ0v) is 11.1. The molecule has 0 saturated carbocycles. The molecule has 0 saturated heterocycles. The number of hydrogen-bond acceptors (Lipinski definition) is 5. The number of nitrogens with zero attached hydrogens (tertiary/aromatic N) is 3. The fourth-order valence-corrected chi connectivity index (χ4v) is 2.78. The van der Waals surface area contributed by atoms with E-state index in [0.717, 1.165) is 5.39 Å². The van der Waals surface area contributed by atoms with Crippen molar-refractivity contribution in [1.82, 2.24) is 15.0 Å². The summed E-state index contributed by atoms with van der Waals surface area (Å²) in [5.74, 6) is 0.249. The highest BCUT2D eigenvalue weighted by molar-refractivity contribution is 7.92. The molecule has 6 nitrogen and oxygen atoms in total. The van der Waals surface area contributed by atoms with E-state index in [1.807, 2.05) is 0 Å². The van der Waals surface area contributed by atoms with Crippen LogP contribution < -0.4 is 4.72 Å². The molecule has 0 fully saturated rings. The Bertz CT molecular complexity index is 845. The minimum atomic E-state index is -3.71. The lowest BCUT2D eigenvalue weighted by atomic mass is 10.2. The molecule has 0 radical (unpaired) electrons. The van der Waals surface area contributed by atoms with Crippen molar-refractivity contribution in [2.24, 2.45) is 0 Å². The van der Waals surface area contributed by atoms with E-state index in [9.17, 15) is 8.42 Å². The first-order chi connectivity index (χ1) is 9.67. The van der Waals surface area contributed by atoms with Crippen LogP contribution in [0, 0.1) is 0 Å². The third kappa shape index (κ3) is 2.30. The number of hydrogen-bond donors (Lipinski definition) is 1. The van der Waals surface area contributed by atoms with E-state index in [4.69, 9.17) is 0 Å². The van der Waals surface area contributed by atoms with Crippen LogP contribution in [-0.4, -0.2) is 23.4 Å². The van der Waals surface area contributed by atoms with Gasteiger partial charge < -0.3 is 0 Å². The first-order valence-corrected chi connectivity index (χ1v) is 7.27. The zero-order valence-electron chi connectivity index (χ0n) is 10.3. The van der Waals surface area contributed by atoms with Crippen molar-refractivity contribution in [2.45, 2.75) is 4.90 Å². The molecule has 1 N–H and O–H groups in total. The van der Waals surface area contributed by atoms with Gasteiger partial charge in [-0.15, -0.1) is 0 Å². The Kier molecular flexibility index (Phi) is 3.03. The Morgan fingerprint density at radius 1 is 0.950 bits per heavy atom. The number of anilines is 1. The SMILES string of the molecule is O=S(=O)(Nc1nccc2ccncc12)c1cccnc1. The Labute approximate surface area is 115 Å². The predicted molar refractivity (Wildman–Crippen MR) is 74.6 cm³/mol. The maximum absolute atomic E-state index is 12.2. The van der Waals surface area contributed by atoms with E-state index in [-0.39, 0.29) is 10.7 Å². The molecule has 0 aromatic carbocycles. The third-order valence-electron chi connectivity index (χ3n) is 2.74. The van der Waals surface area contributed by atoms with Gasteiger partial charge in [-0.2, -0.15) is 0 Å². The van der Waals surface area contributed by atoms with Crippen molar-refractivity contribution in [3.8, 4) is 0 Å². The van der Waals surface area contributed by atoms with Gasteiger partial charge in [-0.1, -0.05) is 0 Å². The Morgan fingerprint density at radius 3 is 2.55 bits per heavy atom. The van der Waals surface area contributed by atoms with Crippen molar-refractivity contribution in [3.63, 3.8) is 0 Å². The number of fused-ring (bicyclic) bond motifs is 1. The average Bonchev–Trinajstić information content (AvgIpc) is 2.48. The van der Waals surface area contributed by atoms with Crippen molar-refractivity contribution >= 4 is 26.6 Å². The Hall–Kier alpha value is -2.54. The van der Waals surface area contributed by atoms with Crippen LogP contribution in [0.3, 0.4) is 0 Å². The molecule has 0 aliphatic rings. The van der Waals surface area contributed by atoms with Crippen LogP contribution in [0.4, 0.5) is 5.82 Å². The second-order valence-electron chi connectivity index (χ2n) is 4.05. The lowest BCUT2D eigenvalue weighted by Crippen LogP contribution is -2.14. The fraction of sp³-hybridized carbons (Fsp3) is 0. The van der Waals surface area contributed by atoms with Crippen molar-refractivity contribution in [3.05, 3.63) is 55.2 Å². The highest BCUT2D eigenvalue weighted by atomic mass is 32.2. The van der Waals surface area contributed by atoms with Gasteiger partial charge in [0.25, 0.3) is 10.0 Å². The molecular weight excluding hydrogens is 276 g/mol. The van der Waals surface area contributed by atoms with Gasteiger partial charge in [0.15, 0.2) is 0 Å². The summed E-state index contributed by atoms with van der Waals surface area (Å²) in [5.41, 5.74) is 0. The van der Waals surface area contributed by atoms with Crippen LogP contribution in [0.5, 0.6) is 0 Å². The van der Waals surface area contributed by atoms with E-state index in [1.165, 1.54) is 18.5 Å². The summed E-state index contributed by atoms with van der Waals surface area (Å²) >= 11 is 0. The van der Waals surface area contributed by atoms with Crippen LogP contribution in [-0.2, 0) is 10.0 Å². The van der Waals surface area contributed by atoms with Crippen molar-refractivity contribution in [1.29, 1.82) is 0 Å². The van der Waals surface area contributed by atoms with Crippen molar-refractivity contribution < 1.29 is 8.42 Å².